The number of unbranched alkanes of at least 4 members (excludes halogenated alkanes) is 1. The molecular formula is C16H22N2O. The third kappa shape index (κ3) is 2.80. The normalized spacial score (nSPS) is 10.9. The van der Waals surface area contributed by atoms with Crippen molar-refractivity contribution in [2.75, 3.05) is 0 Å². The Kier molecular flexibility index (Phi) is 4.25. The Bertz CT molecular complexity index is 558. The molecule has 2 aromatic rings. The van der Waals surface area contributed by atoms with Gasteiger partial charge in [0.05, 0.1) is 11.4 Å². The fourth-order valence-corrected chi connectivity index (χ4v) is 2.41. The number of nitrogens with zero attached hydrogens (tertiary/aromatic N) is 2. The second kappa shape index (κ2) is 5.91. The van der Waals surface area contributed by atoms with Gasteiger partial charge in [-0.1, -0.05) is 32.4 Å². The van der Waals surface area contributed by atoms with Crippen LogP contribution in [0.5, 0.6) is 5.88 Å². The molecule has 0 saturated heterocycles. The maximum absolute atomic E-state index is 10.0. The summed E-state index contributed by atoms with van der Waals surface area (Å²) in [6.07, 6.45) is 4.03. The molecule has 0 saturated carbocycles. The number of rotatable bonds is 5. The molecule has 0 radical (unpaired) electrons. The van der Waals surface area contributed by atoms with E-state index in [9.17, 15) is 5.11 Å². The number of benzene rings is 1. The molecule has 2 rings (SSSR count). The lowest BCUT2D eigenvalue weighted by Crippen LogP contribution is -2.04. The summed E-state index contributed by atoms with van der Waals surface area (Å²) in [6.45, 7) is 6.31. The first-order valence-corrected chi connectivity index (χ1v) is 7.04. The molecule has 1 aromatic carbocycles. The van der Waals surface area contributed by atoms with Crippen LogP contribution in [0.3, 0.4) is 0 Å². The first-order chi connectivity index (χ1) is 9.17. The van der Waals surface area contributed by atoms with Crippen LogP contribution in [0.4, 0.5) is 0 Å². The zero-order valence-electron chi connectivity index (χ0n) is 12.0. The molecule has 0 bridgehead atoms. The summed E-state index contributed by atoms with van der Waals surface area (Å²) >= 11 is 0. The van der Waals surface area contributed by atoms with Gasteiger partial charge in [0.1, 0.15) is 0 Å². The second-order valence-corrected chi connectivity index (χ2v) is 4.96. The monoisotopic (exact) mass is 258 g/mol. The highest BCUT2D eigenvalue weighted by molar-refractivity contribution is 5.41. The average Bonchev–Trinajstić information content (AvgIpc) is 2.72. The molecule has 0 fully saturated rings. The summed E-state index contributed by atoms with van der Waals surface area (Å²) in [5.74, 6) is 0.176. The first kappa shape index (κ1) is 13.7. The summed E-state index contributed by atoms with van der Waals surface area (Å²) in [5, 5.41) is 14.3. The van der Waals surface area contributed by atoms with Gasteiger partial charge < -0.3 is 5.11 Å². The minimum Gasteiger partial charge on any atom is -0.492 e. The van der Waals surface area contributed by atoms with Crippen molar-refractivity contribution in [3.8, 4) is 11.6 Å². The molecule has 1 N–H and O–H groups in total. The summed E-state index contributed by atoms with van der Waals surface area (Å²) < 4.78 is 1.90. The van der Waals surface area contributed by atoms with Gasteiger partial charge in [0.2, 0.25) is 5.88 Å². The predicted octanol–water partition coefficient (Wildman–Crippen LogP) is 3.79. The SMILES string of the molecule is CCCCc1c(CC)c(O)nn1-c1cccc(C)c1. The van der Waals surface area contributed by atoms with Crippen molar-refractivity contribution in [1.82, 2.24) is 9.78 Å². The Morgan fingerprint density at radius 3 is 2.68 bits per heavy atom. The third-order valence-electron chi connectivity index (χ3n) is 3.44. The molecule has 102 valence electrons. The summed E-state index contributed by atoms with van der Waals surface area (Å²) in [6, 6.07) is 8.23. The van der Waals surface area contributed by atoms with E-state index in [0.29, 0.717) is 0 Å². The maximum atomic E-state index is 10.0. The number of aryl methyl sites for hydroxylation is 1. The number of aromatic nitrogens is 2. The van der Waals surface area contributed by atoms with Crippen LogP contribution >= 0.6 is 0 Å². The van der Waals surface area contributed by atoms with Crippen LogP contribution in [0.1, 0.15) is 43.5 Å². The quantitative estimate of drug-likeness (QED) is 0.886. The van der Waals surface area contributed by atoms with Gasteiger partial charge in [-0.25, -0.2) is 4.68 Å². The second-order valence-electron chi connectivity index (χ2n) is 4.96. The summed E-state index contributed by atoms with van der Waals surface area (Å²) in [7, 11) is 0. The van der Waals surface area contributed by atoms with Crippen molar-refractivity contribution >= 4 is 0 Å². The molecule has 0 aliphatic heterocycles. The molecule has 0 amide bonds. The standard InChI is InChI=1S/C16H22N2O/c1-4-6-10-15-14(5-2)16(19)17-18(15)13-9-7-8-12(3)11-13/h7-9,11H,4-6,10H2,1-3H3,(H,17,19). The minimum atomic E-state index is 0.176. The van der Waals surface area contributed by atoms with Crippen molar-refractivity contribution in [3.05, 3.63) is 41.1 Å². The van der Waals surface area contributed by atoms with Crippen LogP contribution in [-0.4, -0.2) is 14.9 Å². The first-order valence-electron chi connectivity index (χ1n) is 7.04. The number of aromatic hydroxyl groups is 1. The van der Waals surface area contributed by atoms with Gasteiger partial charge in [0.15, 0.2) is 0 Å². The van der Waals surface area contributed by atoms with E-state index in [2.05, 4.69) is 38.0 Å². The van der Waals surface area contributed by atoms with Crippen LogP contribution in [0.2, 0.25) is 0 Å². The molecule has 19 heavy (non-hydrogen) atoms. The molecule has 0 spiro atoms. The summed E-state index contributed by atoms with van der Waals surface area (Å²) in [4.78, 5) is 0. The van der Waals surface area contributed by atoms with E-state index in [1.807, 2.05) is 16.8 Å². The molecule has 0 atom stereocenters. The van der Waals surface area contributed by atoms with E-state index in [4.69, 9.17) is 0 Å². The zero-order valence-corrected chi connectivity index (χ0v) is 12.0. The Morgan fingerprint density at radius 2 is 2.05 bits per heavy atom. The van der Waals surface area contributed by atoms with E-state index in [1.54, 1.807) is 0 Å². The fraction of sp³-hybridized carbons (Fsp3) is 0.438. The lowest BCUT2D eigenvalue weighted by Gasteiger charge is -2.09. The minimum absolute atomic E-state index is 0.176. The molecule has 0 unspecified atom stereocenters. The van der Waals surface area contributed by atoms with E-state index in [-0.39, 0.29) is 5.88 Å². The molecule has 1 aromatic heterocycles. The van der Waals surface area contributed by atoms with Crippen LogP contribution in [0, 0.1) is 6.92 Å². The third-order valence-corrected chi connectivity index (χ3v) is 3.44. The van der Waals surface area contributed by atoms with Crippen LogP contribution in [-0.2, 0) is 12.8 Å². The Morgan fingerprint density at radius 1 is 1.26 bits per heavy atom. The fourth-order valence-electron chi connectivity index (χ4n) is 2.41. The maximum Gasteiger partial charge on any atom is 0.234 e. The van der Waals surface area contributed by atoms with Gasteiger partial charge in [-0.05, 0) is 43.9 Å². The largest absolute Gasteiger partial charge is 0.492 e. The number of hydrogen-bond acceptors (Lipinski definition) is 2. The molecular weight excluding hydrogens is 236 g/mol. The van der Waals surface area contributed by atoms with Crippen molar-refractivity contribution in [3.63, 3.8) is 0 Å². The van der Waals surface area contributed by atoms with Crippen molar-refractivity contribution < 1.29 is 5.11 Å². The Hall–Kier alpha value is -1.77. The van der Waals surface area contributed by atoms with Gasteiger partial charge in [0.25, 0.3) is 0 Å². The van der Waals surface area contributed by atoms with Crippen LogP contribution < -0.4 is 0 Å². The smallest absolute Gasteiger partial charge is 0.234 e. The zero-order chi connectivity index (χ0) is 13.8. The highest BCUT2D eigenvalue weighted by atomic mass is 16.3. The van der Waals surface area contributed by atoms with Gasteiger partial charge in [-0.2, -0.15) is 0 Å². The van der Waals surface area contributed by atoms with E-state index in [1.165, 1.54) is 5.56 Å². The molecule has 0 aliphatic carbocycles. The predicted molar refractivity (Wildman–Crippen MR) is 78.0 cm³/mol. The van der Waals surface area contributed by atoms with Crippen molar-refractivity contribution in [1.29, 1.82) is 0 Å². The van der Waals surface area contributed by atoms with Gasteiger partial charge in [-0.15, -0.1) is 5.10 Å². The number of hydrogen-bond donors (Lipinski definition) is 1. The van der Waals surface area contributed by atoms with Gasteiger partial charge in [0, 0.05) is 5.56 Å². The van der Waals surface area contributed by atoms with Gasteiger partial charge in [-0.3, -0.25) is 0 Å². The Balaban J connectivity index is 2.49. The lowest BCUT2D eigenvalue weighted by molar-refractivity contribution is 0.443. The lowest BCUT2D eigenvalue weighted by atomic mass is 10.1. The van der Waals surface area contributed by atoms with Crippen molar-refractivity contribution in [2.24, 2.45) is 0 Å². The topological polar surface area (TPSA) is 38.1 Å². The highest BCUT2D eigenvalue weighted by Gasteiger charge is 2.16. The van der Waals surface area contributed by atoms with E-state index in [0.717, 1.165) is 42.6 Å². The van der Waals surface area contributed by atoms with Crippen LogP contribution in [0.15, 0.2) is 24.3 Å². The van der Waals surface area contributed by atoms with Crippen LogP contribution in [0.25, 0.3) is 5.69 Å². The Labute approximate surface area is 114 Å². The molecule has 3 heteroatoms. The van der Waals surface area contributed by atoms with E-state index >= 15 is 0 Å². The van der Waals surface area contributed by atoms with E-state index < -0.39 is 0 Å². The average molecular weight is 258 g/mol. The van der Waals surface area contributed by atoms with Crippen molar-refractivity contribution in [2.45, 2.75) is 46.5 Å². The van der Waals surface area contributed by atoms with Gasteiger partial charge >= 0.3 is 0 Å². The summed E-state index contributed by atoms with van der Waals surface area (Å²) in [5.41, 5.74) is 4.36. The molecule has 3 nitrogen and oxygen atoms in total. The molecule has 1 heterocycles. The highest BCUT2D eigenvalue weighted by Crippen LogP contribution is 2.26. The molecule has 0 aliphatic rings.